The normalized spacial score (nSPS) is 12.8. The molecule has 8 heteroatoms. The predicted octanol–water partition coefficient (Wildman–Crippen LogP) is 1.97. The Hall–Kier alpha value is -1.31. The van der Waals surface area contributed by atoms with Crippen LogP contribution in [0.4, 0.5) is 0 Å². The Balaban J connectivity index is 2.91. The molecular weight excluding hydrogens is 318 g/mol. The molecule has 0 saturated carbocycles. The Morgan fingerprint density at radius 1 is 1.43 bits per heavy atom. The number of methoxy groups -OCH3 is 1. The molecule has 118 valence electrons. The number of hydrogen-bond donors (Lipinski definition) is 1. The summed E-state index contributed by atoms with van der Waals surface area (Å²) in [5.41, 5.74) is 0. The van der Waals surface area contributed by atoms with Gasteiger partial charge in [0.15, 0.2) is 0 Å². The Bertz CT molecular complexity index is 603. The standard InChI is InChI=1S/C13H18ClNO5S/c1-4-20-13(16)7-9(2)15-21(17,18)12-8-10(14)5-6-11(12)19-3/h5-6,8-9,15H,4,7H2,1-3H3. The lowest BCUT2D eigenvalue weighted by Gasteiger charge is -2.15. The zero-order valence-corrected chi connectivity index (χ0v) is 13.6. The summed E-state index contributed by atoms with van der Waals surface area (Å²) in [5.74, 6) is -0.291. The summed E-state index contributed by atoms with van der Waals surface area (Å²) in [4.78, 5) is 11.3. The van der Waals surface area contributed by atoms with Gasteiger partial charge in [-0.25, -0.2) is 13.1 Å². The quantitative estimate of drug-likeness (QED) is 0.770. The van der Waals surface area contributed by atoms with Gasteiger partial charge in [-0.2, -0.15) is 0 Å². The Kier molecular flexibility index (Phi) is 6.44. The first-order chi connectivity index (χ1) is 9.80. The van der Waals surface area contributed by atoms with Gasteiger partial charge in [-0.1, -0.05) is 11.6 Å². The minimum atomic E-state index is -3.85. The third kappa shape index (κ3) is 5.18. The number of carbonyl (C=O) groups excluding carboxylic acids is 1. The molecule has 0 bridgehead atoms. The van der Waals surface area contributed by atoms with Gasteiger partial charge in [0.25, 0.3) is 0 Å². The van der Waals surface area contributed by atoms with E-state index in [1.54, 1.807) is 13.8 Å². The molecule has 0 heterocycles. The van der Waals surface area contributed by atoms with Crippen molar-refractivity contribution in [3.05, 3.63) is 23.2 Å². The molecule has 0 fully saturated rings. The van der Waals surface area contributed by atoms with Crippen LogP contribution in [0.25, 0.3) is 0 Å². The van der Waals surface area contributed by atoms with E-state index >= 15 is 0 Å². The van der Waals surface area contributed by atoms with E-state index < -0.39 is 22.0 Å². The molecule has 1 aromatic rings. The van der Waals surface area contributed by atoms with Crippen LogP contribution in [0, 0.1) is 0 Å². The van der Waals surface area contributed by atoms with Gasteiger partial charge in [-0.3, -0.25) is 4.79 Å². The molecule has 1 atom stereocenters. The Morgan fingerprint density at radius 3 is 2.67 bits per heavy atom. The Labute approximate surface area is 129 Å². The monoisotopic (exact) mass is 335 g/mol. The molecule has 0 aliphatic heterocycles. The van der Waals surface area contributed by atoms with E-state index in [0.717, 1.165) is 0 Å². The van der Waals surface area contributed by atoms with Crippen molar-refractivity contribution in [3.8, 4) is 5.75 Å². The molecule has 0 amide bonds. The van der Waals surface area contributed by atoms with Gasteiger partial charge < -0.3 is 9.47 Å². The van der Waals surface area contributed by atoms with Gasteiger partial charge in [-0.15, -0.1) is 0 Å². The SMILES string of the molecule is CCOC(=O)CC(C)NS(=O)(=O)c1cc(Cl)ccc1OC. The number of nitrogens with one attached hydrogen (secondary N) is 1. The molecule has 1 rings (SSSR count). The van der Waals surface area contributed by atoms with Gasteiger partial charge in [-0.05, 0) is 32.0 Å². The van der Waals surface area contributed by atoms with Crippen molar-refractivity contribution in [1.29, 1.82) is 0 Å². The van der Waals surface area contributed by atoms with Crippen LogP contribution in [0.5, 0.6) is 5.75 Å². The molecule has 0 aromatic heterocycles. The number of esters is 1. The summed E-state index contributed by atoms with van der Waals surface area (Å²) in [6.45, 7) is 3.51. The minimum absolute atomic E-state index is 0.0596. The van der Waals surface area contributed by atoms with Crippen molar-refractivity contribution < 1.29 is 22.7 Å². The number of hydrogen-bond acceptors (Lipinski definition) is 5. The van der Waals surface area contributed by atoms with E-state index in [-0.39, 0.29) is 28.7 Å². The van der Waals surface area contributed by atoms with E-state index in [0.29, 0.717) is 0 Å². The van der Waals surface area contributed by atoms with Crippen LogP contribution in [0.1, 0.15) is 20.3 Å². The molecule has 1 unspecified atom stereocenters. The predicted molar refractivity (Wildman–Crippen MR) is 79.0 cm³/mol. The first-order valence-electron chi connectivity index (χ1n) is 6.31. The van der Waals surface area contributed by atoms with Crippen molar-refractivity contribution in [2.24, 2.45) is 0 Å². The fraction of sp³-hybridized carbons (Fsp3) is 0.462. The minimum Gasteiger partial charge on any atom is -0.495 e. The maximum atomic E-state index is 12.3. The summed E-state index contributed by atoms with van der Waals surface area (Å²) < 4.78 is 36.8. The first-order valence-corrected chi connectivity index (χ1v) is 8.17. The maximum absolute atomic E-state index is 12.3. The smallest absolute Gasteiger partial charge is 0.307 e. The average molecular weight is 336 g/mol. The summed E-state index contributed by atoms with van der Waals surface area (Å²) in [6.07, 6.45) is -0.0596. The fourth-order valence-corrected chi connectivity index (χ4v) is 3.38. The first kappa shape index (κ1) is 17.7. The summed E-state index contributed by atoms with van der Waals surface area (Å²) in [7, 11) is -2.49. The highest BCUT2D eigenvalue weighted by Crippen LogP contribution is 2.27. The molecule has 0 radical (unpaired) electrons. The van der Waals surface area contributed by atoms with Gasteiger partial charge in [0.05, 0.1) is 20.1 Å². The molecular formula is C13H18ClNO5S. The van der Waals surface area contributed by atoms with Gasteiger partial charge in [0.1, 0.15) is 10.6 Å². The van der Waals surface area contributed by atoms with Crippen molar-refractivity contribution in [1.82, 2.24) is 4.72 Å². The van der Waals surface area contributed by atoms with Crippen LogP contribution in [0.2, 0.25) is 5.02 Å². The van der Waals surface area contributed by atoms with Gasteiger partial charge >= 0.3 is 5.97 Å². The number of sulfonamides is 1. The third-order valence-corrected chi connectivity index (χ3v) is 4.40. The molecule has 0 spiro atoms. The van der Waals surface area contributed by atoms with E-state index in [2.05, 4.69) is 4.72 Å². The molecule has 1 N–H and O–H groups in total. The van der Waals surface area contributed by atoms with E-state index in [1.165, 1.54) is 25.3 Å². The lowest BCUT2D eigenvalue weighted by atomic mass is 10.3. The number of rotatable bonds is 7. The van der Waals surface area contributed by atoms with Crippen LogP contribution in [0.3, 0.4) is 0 Å². The second-order valence-corrected chi connectivity index (χ2v) is 6.45. The maximum Gasteiger partial charge on any atom is 0.307 e. The molecule has 0 aliphatic rings. The fourth-order valence-electron chi connectivity index (χ4n) is 1.70. The van der Waals surface area contributed by atoms with E-state index in [9.17, 15) is 13.2 Å². The number of ether oxygens (including phenoxy) is 2. The van der Waals surface area contributed by atoms with Crippen molar-refractivity contribution in [2.45, 2.75) is 31.2 Å². The lowest BCUT2D eigenvalue weighted by molar-refractivity contribution is -0.143. The number of carbonyl (C=O) groups is 1. The lowest BCUT2D eigenvalue weighted by Crippen LogP contribution is -2.34. The van der Waals surface area contributed by atoms with Crippen molar-refractivity contribution in [2.75, 3.05) is 13.7 Å². The van der Waals surface area contributed by atoms with Gasteiger partial charge in [0, 0.05) is 11.1 Å². The number of benzene rings is 1. The van der Waals surface area contributed by atoms with Crippen LogP contribution in [-0.4, -0.2) is 34.1 Å². The van der Waals surface area contributed by atoms with E-state index in [1.807, 2.05) is 0 Å². The second kappa shape index (κ2) is 7.63. The highest BCUT2D eigenvalue weighted by atomic mass is 35.5. The molecule has 1 aromatic carbocycles. The topological polar surface area (TPSA) is 81.7 Å². The van der Waals surface area contributed by atoms with E-state index in [4.69, 9.17) is 21.1 Å². The van der Waals surface area contributed by atoms with Crippen molar-refractivity contribution in [3.63, 3.8) is 0 Å². The zero-order chi connectivity index (χ0) is 16.0. The van der Waals surface area contributed by atoms with Crippen LogP contribution in [-0.2, 0) is 19.6 Å². The molecule has 0 aliphatic carbocycles. The molecule has 21 heavy (non-hydrogen) atoms. The molecule has 6 nitrogen and oxygen atoms in total. The Morgan fingerprint density at radius 2 is 2.10 bits per heavy atom. The van der Waals surface area contributed by atoms with Gasteiger partial charge in [0.2, 0.25) is 10.0 Å². The summed E-state index contributed by atoms with van der Waals surface area (Å²) in [5, 5.41) is 0.272. The third-order valence-electron chi connectivity index (χ3n) is 2.55. The average Bonchev–Trinajstić information content (AvgIpc) is 2.38. The second-order valence-electron chi connectivity index (χ2n) is 4.33. The van der Waals surface area contributed by atoms with Crippen LogP contribution in [0.15, 0.2) is 23.1 Å². The number of halogens is 1. The summed E-state index contributed by atoms with van der Waals surface area (Å²) in [6, 6.07) is 3.67. The largest absolute Gasteiger partial charge is 0.495 e. The van der Waals surface area contributed by atoms with Crippen molar-refractivity contribution >= 4 is 27.6 Å². The van der Waals surface area contributed by atoms with Crippen LogP contribution < -0.4 is 9.46 Å². The highest BCUT2D eigenvalue weighted by molar-refractivity contribution is 7.89. The van der Waals surface area contributed by atoms with Crippen LogP contribution >= 0.6 is 11.6 Å². The summed E-state index contributed by atoms with van der Waals surface area (Å²) >= 11 is 5.82. The highest BCUT2D eigenvalue weighted by Gasteiger charge is 2.23. The molecule has 0 saturated heterocycles. The zero-order valence-electron chi connectivity index (χ0n) is 12.1.